The lowest BCUT2D eigenvalue weighted by Crippen LogP contribution is -2.22. The maximum absolute atomic E-state index is 13.1. The Bertz CT molecular complexity index is 1220. The SMILES string of the molecule is COc1cccc2c(C(C[P+](=O)O)C(=O)Nc3ccc4ccccc4c3)coc12. The molecule has 0 spiro atoms. The van der Waals surface area contributed by atoms with Gasteiger partial charge in [0, 0.05) is 16.6 Å². The van der Waals surface area contributed by atoms with Crippen LogP contribution in [0.4, 0.5) is 5.69 Å². The number of hydrogen-bond acceptors (Lipinski definition) is 4. The van der Waals surface area contributed by atoms with Crippen LogP contribution < -0.4 is 10.1 Å². The van der Waals surface area contributed by atoms with Crippen molar-refractivity contribution in [1.29, 1.82) is 0 Å². The number of ether oxygens (including phenoxy) is 1. The second-order valence-corrected chi connectivity index (χ2v) is 7.74. The highest BCUT2D eigenvalue weighted by Gasteiger charge is 2.33. The molecule has 0 aliphatic carbocycles. The Hall–Kier alpha value is -3.21. The fourth-order valence-corrected chi connectivity index (χ4v) is 4.13. The summed E-state index contributed by atoms with van der Waals surface area (Å²) < 4.78 is 22.5. The molecule has 146 valence electrons. The normalized spacial score (nSPS) is 12.7. The standard InChI is InChI=1S/C22H18NO5P/c1-27-20-8-4-7-17-18(12-28-21(17)20)19(13-29(25)26)22(24)23-16-10-9-14-5-2-3-6-15(14)11-16/h2-12,19H,13H2,1H3,(H-,23,24,25,26)/p+1. The van der Waals surface area contributed by atoms with E-state index in [0.717, 1.165) is 10.8 Å². The van der Waals surface area contributed by atoms with Gasteiger partial charge in [-0.3, -0.25) is 4.79 Å². The topological polar surface area (TPSA) is 88.8 Å². The summed E-state index contributed by atoms with van der Waals surface area (Å²) in [6.07, 6.45) is 1.25. The van der Waals surface area contributed by atoms with E-state index < -0.39 is 13.9 Å². The van der Waals surface area contributed by atoms with E-state index in [-0.39, 0.29) is 12.1 Å². The maximum Gasteiger partial charge on any atom is 0.506 e. The van der Waals surface area contributed by atoms with Crippen molar-refractivity contribution in [3.8, 4) is 5.75 Å². The molecule has 6 nitrogen and oxygen atoms in total. The number of methoxy groups -OCH3 is 1. The lowest BCUT2D eigenvalue weighted by Gasteiger charge is -2.12. The van der Waals surface area contributed by atoms with Crippen LogP contribution in [0, 0.1) is 0 Å². The molecule has 0 fully saturated rings. The largest absolute Gasteiger partial charge is 0.506 e. The van der Waals surface area contributed by atoms with E-state index in [0.29, 0.717) is 28.0 Å². The van der Waals surface area contributed by atoms with Crippen LogP contribution in [0.2, 0.25) is 0 Å². The van der Waals surface area contributed by atoms with Crippen molar-refractivity contribution >= 4 is 41.4 Å². The molecule has 0 aliphatic rings. The Morgan fingerprint density at radius 3 is 2.69 bits per heavy atom. The Morgan fingerprint density at radius 1 is 1.14 bits per heavy atom. The third kappa shape index (κ3) is 3.86. The average Bonchev–Trinajstić information content (AvgIpc) is 3.15. The van der Waals surface area contributed by atoms with Crippen molar-refractivity contribution in [2.24, 2.45) is 0 Å². The summed E-state index contributed by atoms with van der Waals surface area (Å²) in [5, 5.41) is 5.61. The molecule has 0 bridgehead atoms. The van der Waals surface area contributed by atoms with Crippen LogP contribution in [0.25, 0.3) is 21.7 Å². The molecule has 0 saturated heterocycles. The third-order valence-electron chi connectivity index (χ3n) is 4.86. The lowest BCUT2D eigenvalue weighted by atomic mass is 9.99. The van der Waals surface area contributed by atoms with Gasteiger partial charge in [-0.05, 0) is 33.5 Å². The minimum absolute atomic E-state index is 0.208. The fraction of sp³-hybridized carbons (Fsp3) is 0.136. The molecule has 1 heterocycles. The Kier molecular flexibility index (Phi) is 5.30. The van der Waals surface area contributed by atoms with Gasteiger partial charge in [0.1, 0.15) is 5.92 Å². The molecule has 1 aromatic heterocycles. The summed E-state index contributed by atoms with van der Waals surface area (Å²) in [4.78, 5) is 22.6. The molecule has 0 saturated carbocycles. The van der Waals surface area contributed by atoms with Crippen LogP contribution in [0.15, 0.2) is 71.3 Å². The Morgan fingerprint density at radius 2 is 1.93 bits per heavy atom. The number of nitrogens with one attached hydrogen (secondary N) is 1. The van der Waals surface area contributed by atoms with Gasteiger partial charge in [0.05, 0.1) is 13.4 Å². The highest BCUT2D eigenvalue weighted by molar-refractivity contribution is 7.38. The van der Waals surface area contributed by atoms with Crippen LogP contribution >= 0.6 is 8.03 Å². The predicted molar refractivity (Wildman–Crippen MR) is 113 cm³/mol. The summed E-state index contributed by atoms with van der Waals surface area (Å²) in [5.41, 5.74) is 1.67. The van der Waals surface area contributed by atoms with Gasteiger partial charge in [0.2, 0.25) is 5.91 Å². The number of hydrogen-bond donors (Lipinski definition) is 2. The lowest BCUT2D eigenvalue weighted by molar-refractivity contribution is -0.117. The van der Waals surface area contributed by atoms with Crippen LogP contribution in [-0.2, 0) is 9.36 Å². The first-order valence-electron chi connectivity index (χ1n) is 9.04. The smallest absolute Gasteiger partial charge is 0.493 e. The molecular weight excluding hydrogens is 389 g/mol. The monoisotopic (exact) mass is 408 g/mol. The van der Waals surface area contributed by atoms with Gasteiger partial charge in [-0.25, -0.2) is 0 Å². The van der Waals surface area contributed by atoms with Crippen LogP contribution in [0.3, 0.4) is 0 Å². The van der Waals surface area contributed by atoms with E-state index in [1.54, 1.807) is 18.2 Å². The molecule has 29 heavy (non-hydrogen) atoms. The fourth-order valence-electron chi connectivity index (χ4n) is 3.46. The molecule has 2 atom stereocenters. The first kappa shape index (κ1) is 19.1. The van der Waals surface area contributed by atoms with Crippen molar-refractivity contribution in [2.45, 2.75) is 5.92 Å². The molecule has 7 heteroatoms. The van der Waals surface area contributed by atoms with E-state index in [2.05, 4.69) is 5.32 Å². The summed E-state index contributed by atoms with van der Waals surface area (Å²) in [6.45, 7) is 0. The zero-order chi connectivity index (χ0) is 20.4. The quantitative estimate of drug-likeness (QED) is 0.436. The van der Waals surface area contributed by atoms with E-state index >= 15 is 0 Å². The summed E-state index contributed by atoms with van der Waals surface area (Å²) in [5.74, 6) is -0.678. The highest BCUT2D eigenvalue weighted by Crippen LogP contribution is 2.37. The van der Waals surface area contributed by atoms with Crippen molar-refractivity contribution in [1.82, 2.24) is 0 Å². The molecule has 0 aliphatic heterocycles. The first-order valence-corrected chi connectivity index (χ1v) is 10.4. The summed E-state index contributed by atoms with van der Waals surface area (Å²) in [7, 11) is -0.997. The number of benzene rings is 3. The molecule has 0 radical (unpaired) electrons. The van der Waals surface area contributed by atoms with Crippen LogP contribution in [-0.4, -0.2) is 24.1 Å². The number of carbonyl (C=O) groups excluding carboxylic acids is 1. The second-order valence-electron chi connectivity index (χ2n) is 6.67. The number of fused-ring (bicyclic) bond motifs is 2. The molecule has 4 aromatic rings. The van der Waals surface area contributed by atoms with Crippen LogP contribution in [0.1, 0.15) is 11.5 Å². The van der Waals surface area contributed by atoms with Gasteiger partial charge >= 0.3 is 8.03 Å². The second kappa shape index (κ2) is 8.03. The Labute approximate surface area is 168 Å². The first-order chi connectivity index (χ1) is 14.1. The number of anilines is 1. The molecule has 3 aromatic carbocycles. The predicted octanol–water partition coefficient (Wildman–Crippen LogP) is 5.05. The van der Waals surface area contributed by atoms with Crippen molar-refractivity contribution < 1.29 is 23.4 Å². The minimum atomic E-state index is -2.53. The van der Waals surface area contributed by atoms with Crippen molar-refractivity contribution in [2.75, 3.05) is 18.6 Å². The zero-order valence-electron chi connectivity index (χ0n) is 15.7. The molecule has 4 rings (SSSR count). The average molecular weight is 408 g/mol. The number of rotatable bonds is 6. The van der Waals surface area contributed by atoms with Gasteiger partial charge in [-0.2, -0.15) is 4.89 Å². The molecule has 2 unspecified atom stereocenters. The molecule has 2 N–H and O–H groups in total. The Balaban J connectivity index is 1.69. The van der Waals surface area contributed by atoms with E-state index in [1.807, 2.05) is 42.5 Å². The van der Waals surface area contributed by atoms with E-state index in [9.17, 15) is 14.3 Å². The minimum Gasteiger partial charge on any atom is -0.493 e. The van der Waals surface area contributed by atoms with Gasteiger partial charge in [0.25, 0.3) is 0 Å². The zero-order valence-corrected chi connectivity index (χ0v) is 16.6. The third-order valence-corrected chi connectivity index (χ3v) is 5.54. The number of carbonyl (C=O) groups is 1. The summed E-state index contributed by atoms with van der Waals surface area (Å²) in [6, 6.07) is 18.8. The van der Waals surface area contributed by atoms with Gasteiger partial charge in [-0.1, -0.05) is 42.5 Å². The number of para-hydroxylation sites is 1. The van der Waals surface area contributed by atoms with Gasteiger partial charge in [0.15, 0.2) is 17.5 Å². The van der Waals surface area contributed by atoms with E-state index in [1.165, 1.54) is 13.4 Å². The molecule has 1 amide bonds. The maximum atomic E-state index is 13.1. The van der Waals surface area contributed by atoms with Crippen LogP contribution in [0.5, 0.6) is 5.75 Å². The van der Waals surface area contributed by atoms with E-state index in [4.69, 9.17) is 9.15 Å². The summed E-state index contributed by atoms with van der Waals surface area (Å²) >= 11 is 0. The van der Waals surface area contributed by atoms with Gasteiger partial charge in [-0.15, -0.1) is 0 Å². The number of furan rings is 1. The van der Waals surface area contributed by atoms with Crippen molar-refractivity contribution in [3.05, 3.63) is 72.5 Å². The highest BCUT2D eigenvalue weighted by atomic mass is 31.1. The molecular formula is C22H19NO5P+. The number of amides is 1. The van der Waals surface area contributed by atoms with Crippen molar-refractivity contribution in [3.63, 3.8) is 0 Å². The van der Waals surface area contributed by atoms with Gasteiger partial charge < -0.3 is 14.5 Å².